The quantitative estimate of drug-likeness (QED) is 0.298. The summed E-state index contributed by atoms with van der Waals surface area (Å²) < 4.78 is 19.0. The number of anilines is 1. The van der Waals surface area contributed by atoms with Gasteiger partial charge in [-0.2, -0.15) is 5.10 Å². The number of aromatic amines is 1. The molecule has 1 amide bonds. The minimum Gasteiger partial charge on any atom is -0.408 e. The molecule has 0 atom stereocenters. The summed E-state index contributed by atoms with van der Waals surface area (Å²) in [6.07, 6.45) is 1.26. The number of nitrogen functional groups attached to an aromatic ring is 1. The van der Waals surface area contributed by atoms with Crippen molar-refractivity contribution in [3.63, 3.8) is 0 Å². The number of aryl methyl sites for hydroxylation is 1. The molecule has 0 radical (unpaired) electrons. The van der Waals surface area contributed by atoms with Gasteiger partial charge in [0, 0.05) is 19.2 Å². The van der Waals surface area contributed by atoms with Gasteiger partial charge in [-0.25, -0.2) is 19.2 Å². The molecule has 5 aromatic rings. The van der Waals surface area contributed by atoms with Crippen molar-refractivity contribution in [3.8, 4) is 0 Å². The molecular weight excluding hydrogens is 516 g/mol. The van der Waals surface area contributed by atoms with Gasteiger partial charge in [-0.1, -0.05) is 17.7 Å². The van der Waals surface area contributed by atoms with Crippen molar-refractivity contribution in [1.82, 2.24) is 30.0 Å². The van der Waals surface area contributed by atoms with Gasteiger partial charge in [0.25, 0.3) is 11.1 Å². The van der Waals surface area contributed by atoms with Crippen molar-refractivity contribution in [2.24, 2.45) is 7.05 Å². The highest BCUT2D eigenvalue weighted by atomic mass is 35.5. The standard InChI is InChI=1S/C15H13N7O3.C7H3Cl2FO/c1-22-8-4-7(2-3-9(8)25-15(22)24)5-17-14(23)12-10-11(18-6-19-12)13(16)21-20-10;8-5-3-4(7(9)11)1-2-6(5)10/h2-4,6H,5H2,1H3,(H,17,23)(H3,16,20,21);1-3H. The van der Waals surface area contributed by atoms with E-state index in [0.717, 1.165) is 11.6 Å². The van der Waals surface area contributed by atoms with E-state index in [2.05, 4.69) is 25.5 Å². The highest BCUT2D eigenvalue weighted by Crippen LogP contribution is 2.18. The maximum atomic E-state index is 12.5. The smallest absolute Gasteiger partial charge is 0.408 e. The number of benzene rings is 2. The number of hydrogen-bond donors (Lipinski definition) is 3. The first-order valence-corrected chi connectivity index (χ1v) is 10.9. The number of H-pyrrole nitrogens is 1. The van der Waals surface area contributed by atoms with Gasteiger partial charge >= 0.3 is 5.76 Å². The Hall–Kier alpha value is -4.29. The van der Waals surface area contributed by atoms with E-state index in [1.165, 1.54) is 23.0 Å². The second kappa shape index (κ2) is 10.1. The number of hydrogen-bond acceptors (Lipinski definition) is 8. The van der Waals surface area contributed by atoms with Crippen molar-refractivity contribution in [2.75, 3.05) is 5.73 Å². The van der Waals surface area contributed by atoms with E-state index in [4.69, 9.17) is 33.4 Å². The molecule has 5 rings (SSSR count). The lowest BCUT2D eigenvalue weighted by Crippen LogP contribution is -2.24. The van der Waals surface area contributed by atoms with Crippen LogP contribution in [-0.2, 0) is 13.6 Å². The number of carbonyl (C=O) groups is 2. The number of rotatable bonds is 4. The van der Waals surface area contributed by atoms with Crippen LogP contribution in [0.5, 0.6) is 0 Å². The van der Waals surface area contributed by atoms with E-state index in [0.29, 0.717) is 22.1 Å². The summed E-state index contributed by atoms with van der Waals surface area (Å²) in [4.78, 5) is 42.4. The zero-order valence-electron chi connectivity index (χ0n) is 18.4. The van der Waals surface area contributed by atoms with Crippen LogP contribution >= 0.6 is 23.2 Å². The van der Waals surface area contributed by atoms with Crippen LogP contribution < -0.4 is 16.8 Å². The second-order valence-electron chi connectivity index (χ2n) is 7.37. The molecule has 184 valence electrons. The highest BCUT2D eigenvalue weighted by molar-refractivity contribution is 6.67. The number of carbonyl (C=O) groups excluding carboxylic acids is 2. The Morgan fingerprint density at radius 1 is 1.22 bits per heavy atom. The van der Waals surface area contributed by atoms with E-state index in [1.54, 1.807) is 25.2 Å². The Morgan fingerprint density at radius 2 is 2.00 bits per heavy atom. The molecule has 3 heterocycles. The number of nitrogens with one attached hydrogen (secondary N) is 2. The molecule has 36 heavy (non-hydrogen) atoms. The van der Waals surface area contributed by atoms with Gasteiger partial charge in [-0.3, -0.25) is 19.3 Å². The molecule has 0 saturated carbocycles. The third-order valence-corrected chi connectivity index (χ3v) is 5.56. The van der Waals surface area contributed by atoms with Crippen LogP contribution in [0.1, 0.15) is 26.4 Å². The molecule has 3 aromatic heterocycles. The number of aromatic nitrogens is 5. The van der Waals surface area contributed by atoms with Crippen molar-refractivity contribution >= 4 is 62.3 Å². The Morgan fingerprint density at radius 3 is 2.72 bits per heavy atom. The zero-order chi connectivity index (χ0) is 26.0. The average Bonchev–Trinajstić information content (AvgIpc) is 3.38. The number of fused-ring (bicyclic) bond motifs is 2. The summed E-state index contributed by atoms with van der Waals surface area (Å²) in [5.41, 5.74) is 8.77. The zero-order valence-corrected chi connectivity index (χ0v) is 19.9. The number of nitrogens with two attached hydrogens (primary N) is 1. The Kier molecular flexibility index (Phi) is 6.99. The fourth-order valence-electron chi connectivity index (χ4n) is 3.19. The van der Waals surface area contributed by atoms with Gasteiger partial charge in [-0.05, 0) is 47.5 Å². The van der Waals surface area contributed by atoms with Crippen LogP contribution in [-0.4, -0.2) is 35.9 Å². The van der Waals surface area contributed by atoms with Crippen molar-refractivity contribution < 1.29 is 18.4 Å². The van der Waals surface area contributed by atoms with Crippen LogP contribution in [0.3, 0.4) is 0 Å². The Bertz CT molecular complexity index is 1680. The van der Waals surface area contributed by atoms with Crippen LogP contribution in [0.4, 0.5) is 10.2 Å². The molecule has 0 spiro atoms. The highest BCUT2D eigenvalue weighted by Gasteiger charge is 2.16. The van der Waals surface area contributed by atoms with Crippen LogP contribution in [0, 0.1) is 5.82 Å². The third kappa shape index (κ3) is 5.04. The fourth-order valence-corrected chi connectivity index (χ4v) is 3.49. The number of nitrogens with zero attached hydrogens (tertiary/aromatic N) is 4. The topological polar surface area (TPSA) is 162 Å². The molecule has 0 aliphatic heterocycles. The van der Waals surface area contributed by atoms with Crippen LogP contribution in [0.15, 0.2) is 51.9 Å². The lowest BCUT2D eigenvalue weighted by molar-refractivity contribution is 0.0947. The second-order valence-corrected chi connectivity index (χ2v) is 8.12. The third-order valence-electron chi connectivity index (χ3n) is 5.05. The molecule has 0 aliphatic carbocycles. The predicted octanol–water partition coefficient (Wildman–Crippen LogP) is 3.17. The molecule has 11 nitrogen and oxygen atoms in total. The molecule has 0 unspecified atom stereocenters. The van der Waals surface area contributed by atoms with E-state index < -0.39 is 22.7 Å². The van der Waals surface area contributed by atoms with Crippen molar-refractivity contribution in [2.45, 2.75) is 6.54 Å². The first-order chi connectivity index (χ1) is 17.2. The van der Waals surface area contributed by atoms with E-state index in [1.807, 2.05) is 0 Å². The largest absolute Gasteiger partial charge is 0.419 e. The monoisotopic (exact) mass is 531 g/mol. The van der Waals surface area contributed by atoms with Crippen molar-refractivity contribution in [3.05, 3.63) is 80.9 Å². The number of oxazole rings is 1. The van der Waals surface area contributed by atoms with E-state index in [-0.39, 0.29) is 28.6 Å². The first-order valence-electron chi connectivity index (χ1n) is 10.1. The molecular formula is C22H16Cl2FN7O4. The van der Waals surface area contributed by atoms with Gasteiger partial charge < -0.3 is 15.5 Å². The minimum atomic E-state index is -0.646. The maximum Gasteiger partial charge on any atom is 0.419 e. The lowest BCUT2D eigenvalue weighted by atomic mass is 10.2. The SMILES string of the molecule is Cn1c(=O)oc2ccc(CNC(=O)c3ncnc4c(N)n[nH]c34)cc21.O=C(Cl)c1ccc(F)c(Cl)c1. The molecule has 2 aromatic carbocycles. The van der Waals surface area contributed by atoms with Gasteiger partial charge in [0.1, 0.15) is 23.2 Å². The molecule has 0 saturated heterocycles. The van der Waals surface area contributed by atoms with E-state index >= 15 is 0 Å². The van der Waals surface area contributed by atoms with Gasteiger partial charge in [0.05, 0.1) is 10.5 Å². The van der Waals surface area contributed by atoms with Gasteiger partial charge in [0.15, 0.2) is 17.1 Å². The minimum absolute atomic E-state index is 0.100. The predicted molar refractivity (Wildman–Crippen MR) is 130 cm³/mol. The molecule has 4 N–H and O–H groups in total. The summed E-state index contributed by atoms with van der Waals surface area (Å²) in [6, 6.07) is 8.80. The summed E-state index contributed by atoms with van der Waals surface area (Å²) >= 11 is 10.5. The molecule has 0 fully saturated rings. The number of halogens is 3. The van der Waals surface area contributed by atoms with Crippen molar-refractivity contribution in [1.29, 1.82) is 0 Å². The Balaban J connectivity index is 0.000000233. The molecule has 0 aliphatic rings. The van der Waals surface area contributed by atoms with Crippen LogP contribution in [0.25, 0.3) is 22.1 Å². The van der Waals surface area contributed by atoms with Gasteiger partial charge in [-0.15, -0.1) is 0 Å². The lowest BCUT2D eigenvalue weighted by Gasteiger charge is -2.05. The van der Waals surface area contributed by atoms with E-state index in [9.17, 15) is 18.8 Å². The summed E-state index contributed by atoms with van der Waals surface area (Å²) in [6.45, 7) is 0.253. The summed E-state index contributed by atoms with van der Waals surface area (Å²) in [5.74, 6) is -1.18. The van der Waals surface area contributed by atoms with Gasteiger partial charge in [0.2, 0.25) is 0 Å². The molecule has 14 heteroatoms. The normalized spacial score (nSPS) is 10.8. The maximum absolute atomic E-state index is 12.5. The Labute approximate surface area is 211 Å². The van der Waals surface area contributed by atoms with Crippen LogP contribution in [0.2, 0.25) is 5.02 Å². The number of amides is 1. The first kappa shape index (κ1) is 24.8. The average molecular weight is 532 g/mol. The summed E-state index contributed by atoms with van der Waals surface area (Å²) in [5, 5.41) is 8.51. The summed E-state index contributed by atoms with van der Waals surface area (Å²) in [7, 11) is 1.62. The molecule has 0 bridgehead atoms. The fraction of sp³-hybridized carbons (Fsp3) is 0.0909.